The van der Waals surface area contributed by atoms with Crippen LogP contribution in [0.5, 0.6) is 5.75 Å². The first-order valence-corrected chi connectivity index (χ1v) is 5.57. The van der Waals surface area contributed by atoms with Crippen molar-refractivity contribution in [1.82, 2.24) is 0 Å². The Bertz CT molecular complexity index is 408. The summed E-state index contributed by atoms with van der Waals surface area (Å²) in [7, 11) is 1.44. The molecule has 1 heterocycles. The zero-order valence-corrected chi connectivity index (χ0v) is 10.1. The molecule has 0 aliphatic heterocycles. The van der Waals surface area contributed by atoms with Gasteiger partial charge in [0.05, 0.1) is 31.5 Å². The number of hydrogen-bond acceptors (Lipinski definition) is 5. The Labute approximate surface area is 99.7 Å². The van der Waals surface area contributed by atoms with E-state index in [-0.39, 0.29) is 12.7 Å². The molecule has 0 fully saturated rings. The Kier molecular flexibility index (Phi) is 5.18. The summed E-state index contributed by atoms with van der Waals surface area (Å²) < 4.78 is 10.1. The maximum Gasteiger partial charge on any atom is 0.339 e. The fraction of sp³-hybridized carbons (Fsp3) is 0.583. The summed E-state index contributed by atoms with van der Waals surface area (Å²) in [6.07, 6.45) is 1.41. The van der Waals surface area contributed by atoms with E-state index in [2.05, 4.69) is 0 Å². The Balaban J connectivity index is 2.89. The lowest BCUT2D eigenvalue weighted by atomic mass is 10.1. The molecule has 1 aromatic heterocycles. The van der Waals surface area contributed by atoms with E-state index in [0.717, 1.165) is 0 Å². The van der Waals surface area contributed by atoms with Crippen LogP contribution < -0.4 is 10.4 Å². The maximum atomic E-state index is 11.3. The monoisotopic (exact) mass is 242 g/mol. The van der Waals surface area contributed by atoms with Crippen molar-refractivity contribution in [1.29, 1.82) is 0 Å². The van der Waals surface area contributed by atoms with Crippen LogP contribution in [0.25, 0.3) is 0 Å². The number of aliphatic hydroxyl groups excluding tert-OH is 2. The smallest absolute Gasteiger partial charge is 0.339 e. The van der Waals surface area contributed by atoms with Crippen LogP contribution in [-0.4, -0.2) is 23.4 Å². The summed E-state index contributed by atoms with van der Waals surface area (Å²) in [5.74, 6) is 0.772. The third-order valence-corrected chi connectivity index (χ3v) is 2.51. The number of aliphatic hydroxyl groups is 2. The van der Waals surface area contributed by atoms with Gasteiger partial charge in [0.15, 0.2) is 0 Å². The van der Waals surface area contributed by atoms with E-state index >= 15 is 0 Å². The molecule has 0 saturated heterocycles. The molecule has 17 heavy (non-hydrogen) atoms. The summed E-state index contributed by atoms with van der Waals surface area (Å²) in [6, 6.07) is 1.21. The van der Waals surface area contributed by atoms with Crippen molar-refractivity contribution in [3.63, 3.8) is 0 Å². The minimum atomic E-state index is -0.494. The third-order valence-electron chi connectivity index (χ3n) is 2.51. The van der Waals surface area contributed by atoms with E-state index in [0.29, 0.717) is 36.3 Å². The van der Waals surface area contributed by atoms with Gasteiger partial charge in [0, 0.05) is 6.42 Å². The van der Waals surface area contributed by atoms with Crippen molar-refractivity contribution in [3.05, 3.63) is 27.8 Å². The zero-order valence-electron chi connectivity index (χ0n) is 10.1. The molecule has 2 N–H and O–H groups in total. The van der Waals surface area contributed by atoms with Crippen LogP contribution in [0.3, 0.4) is 0 Å². The second-order valence-electron chi connectivity index (χ2n) is 3.93. The van der Waals surface area contributed by atoms with E-state index in [1.165, 1.54) is 13.2 Å². The van der Waals surface area contributed by atoms with Crippen LogP contribution in [-0.2, 0) is 13.0 Å². The minimum Gasteiger partial charge on any atom is -0.496 e. The Morgan fingerprint density at radius 1 is 1.53 bits per heavy atom. The van der Waals surface area contributed by atoms with Gasteiger partial charge in [0.2, 0.25) is 0 Å². The molecular weight excluding hydrogens is 224 g/mol. The normalized spacial score (nSPS) is 12.5. The molecule has 0 bridgehead atoms. The second-order valence-corrected chi connectivity index (χ2v) is 3.93. The van der Waals surface area contributed by atoms with Gasteiger partial charge in [0.1, 0.15) is 11.5 Å². The third kappa shape index (κ3) is 3.87. The highest BCUT2D eigenvalue weighted by molar-refractivity contribution is 5.33. The van der Waals surface area contributed by atoms with E-state index in [4.69, 9.17) is 14.3 Å². The average molecular weight is 242 g/mol. The highest BCUT2D eigenvalue weighted by Gasteiger charge is 2.13. The summed E-state index contributed by atoms with van der Waals surface area (Å²) in [5.41, 5.74) is 0.00351. The van der Waals surface area contributed by atoms with Crippen molar-refractivity contribution in [2.45, 2.75) is 38.9 Å². The molecule has 1 rings (SSSR count). The molecule has 1 aromatic rings. The summed E-state index contributed by atoms with van der Waals surface area (Å²) >= 11 is 0. The molecule has 5 heteroatoms. The SMILES string of the molecule is COc1cc(=O)oc(CCCC(C)O)c1CO. The highest BCUT2D eigenvalue weighted by atomic mass is 16.5. The molecular formula is C12H18O5. The Hall–Kier alpha value is -1.33. The van der Waals surface area contributed by atoms with Crippen molar-refractivity contribution in [3.8, 4) is 5.75 Å². The molecule has 0 aliphatic rings. The lowest BCUT2D eigenvalue weighted by Gasteiger charge is -2.10. The van der Waals surface area contributed by atoms with Crippen molar-refractivity contribution < 1.29 is 19.4 Å². The number of aryl methyl sites for hydroxylation is 1. The van der Waals surface area contributed by atoms with Gasteiger partial charge in [-0.2, -0.15) is 0 Å². The van der Waals surface area contributed by atoms with Gasteiger partial charge < -0.3 is 19.4 Å². The van der Waals surface area contributed by atoms with Crippen molar-refractivity contribution in [2.75, 3.05) is 7.11 Å². The molecule has 1 unspecified atom stereocenters. The molecule has 96 valence electrons. The molecule has 1 atom stereocenters. The number of hydrogen-bond donors (Lipinski definition) is 2. The Morgan fingerprint density at radius 2 is 2.24 bits per heavy atom. The largest absolute Gasteiger partial charge is 0.496 e. The molecule has 0 spiro atoms. The molecule has 0 aliphatic carbocycles. The molecule has 0 amide bonds. The molecule has 0 radical (unpaired) electrons. The van der Waals surface area contributed by atoms with E-state index < -0.39 is 5.63 Å². The highest BCUT2D eigenvalue weighted by Crippen LogP contribution is 2.21. The van der Waals surface area contributed by atoms with E-state index in [1.54, 1.807) is 6.92 Å². The lowest BCUT2D eigenvalue weighted by Crippen LogP contribution is -2.08. The zero-order chi connectivity index (χ0) is 12.8. The van der Waals surface area contributed by atoms with E-state index in [1.807, 2.05) is 0 Å². The number of rotatable bonds is 6. The second kappa shape index (κ2) is 6.42. The fourth-order valence-corrected chi connectivity index (χ4v) is 1.65. The van der Waals surface area contributed by atoms with Crippen LogP contribution in [0.1, 0.15) is 31.1 Å². The summed E-state index contributed by atoms with van der Waals surface area (Å²) in [5, 5.41) is 18.4. The predicted molar refractivity (Wildman–Crippen MR) is 62.1 cm³/mol. The first kappa shape index (κ1) is 13.7. The van der Waals surface area contributed by atoms with Crippen LogP contribution in [0.15, 0.2) is 15.3 Å². The van der Waals surface area contributed by atoms with Gasteiger partial charge in [-0.05, 0) is 19.8 Å². The molecule has 0 saturated carbocycles. The van der Waals surface area contributed by atoms with Crippen LogP contribution in [0, 0.1) is 0 Å². The van der Waals surface area contributed by atoms with Crippen molar-refractivity contribution in [2.24, 2.45) is 0 Å². The van der Waals surface area contributed by atoms with Gasteiger partial charge in [-0.15, -0.1) is 0 Å². The summed E-state index contributed by atoms with van der Waals surface area (Å²) in [4.78, 5) is 11.3. The number of ether oxygens (including phenoxy) is 1. The van der Waals surface area contributed by atoms with E-state index in [9.17, 15) is 9.90 Å². The average Bonchev–Trinajstić information content (AvgIpc) is 2.27. The number of methoxy groups -OCH3 is 1. The summed E-state index contributed by atoms with van der Waals surface area (Å²) in [6.45, 7) is 1.46. The van der Waals surface area contributed by atoms with Crippen molar-refractivity contribution >= 4 is 0 Å². The Morgan fingerprint density at radius 3 is 2.76 bits per heavy atom. The van der Waals surface area contributed by atoms with Gasteiger partial charge in [-0.3, -0.25) is 0 Å². The van der Waals surface area contributed by atoms with Crippen LogP contribution >= 0.6 is 0 Å². The lowest BCUT2D eigenvalue weighted by molar-refractivity contribution is 0.180. The predicted octanol–water partition coefficient (Wildman–Crippen LogP) is 0.844. The van der Waals surface area contributed by atoms with Gasteiger partial charge in [0.25, 0.3) is 0 Å². The topological polar surface area (TPSA) is 79.9 Å². The van der Waals surface area contributed by atoms with Gasteiger partial charge in [-0.1, -0.05) is 0 Å². The van der Waals surface area contributed by atoms with Gasteiger partial charge >= 0.3 is 5.63 Å². The first-order chi connectivity index (χ1) is 8.08. The van der Waals surface area contributed by atoms with Gasteiger partial charge in [-0.25, -0.2) is 4.79 Å². The first-order valence-electron chi connectivity index (χ1n) is 5.57. The fourth-order valence-electron chi connectivity index (χ4n) is 1.65. The minimum absolute atomic E-state index is 0.239. The standard InChI is InChI=1S/C12H18O5/c1-8(14)4-3-5-10-9(7-13)11(16-2)6-12(15)17-10/h6,8,13-14H,3-5,7H2,1-2H3. The maximum absolute atomic E-state index is 11.3. The quantitative estimate of drug-likeness (QED) is 0.772. The van der Waals surface area contributed by atoms with Crippen LogP contribution in [0.4, 0.5) is 0 Å². The molecule has 5 nitrogen and oxygen atoms in total. The molecule has 0 aromatic carbocycles. The van der Waals surface area contributed by atoms with Crippen LogP contribution in [0.2, 0.25) is 0 Å².